The van der Waals surface area contributed by atoms with Crippen LogP contribution in [0.2, 0.25) is 0 Å². The van der Waals surface area contributed by atoms with Gasteiger partial charge >= 0.3 is 5.97 Å². The van der Waals surface area contributed by atoms with E-state index in [1.165, 1.54) is 0 Å². The molecule has 0 bridgehead atoms. The van der Waals surface area contributed by atoms with E-state index in [1.807, 2.05) is 62.2 Å². The molecule has 0 unspecified atom stereocenters. The van der Waals surface area contributed by atoms with E-state index in [2.05, 4.69) is 19.9 Å². The number of carboxylic acids is 1. The number of aliphatic hydroxyl groups excluding tert-OH is 2. The third-order valence-electron chi connectivity index (χ3n) is 8.63. The second-order valence-corrected chi connectivity index (χ2v) is 15.0. The van der Waals surface area contributed by atoms with Gasteiger partial charge in [-0.2, -0.15) is 0 Å². The fourth-order valence-corrected chi connectivity index (χ4v) is 5.94. The van der Waals surface area contributed by atoms with E-state index in [4.69, 9.17) is 25.9 Å². The molecule has 0 radical (unpaired) electrons. The molecule has 4 heterocycles. The summed E-state index contributed by atoms with van der Waals surface area (Å²) >= 11 is 0. The van der Waals surface area contributed by atoms with Crippen molar-refractivity contribution in [3.63, 3.8) is 0 Å². The average Bonchev–Trinajstić information content (AvgIpc) is 3.81. The molecule has 0 saturated carbocycles. The van der Waals surface area contributed by atoms with Crippen molar-refractivity contribution in [2.24, 2.45) is 11.1 Å². The smallest absolute Gasteiger partial charge is 0.323 e. The zero-order chi connectivity index (χ0) is 38.8. The quantitative estimate of drug-likeness (QED) is 0.164. The van der Waals surface area contributed by atoms with E-state index in [0.29, 0.717) is 29.6 Å². The van der Waals surface area contributed by atoms with Crippen LogP contribution in [0.15, 0.2) is 48.8 Å². The molecule has 5 N–H and O–H groups in total. The Bertz CT molecular complexity index is 1830. The van der Waals surface area contributed by atoms with Crippen LogP contribution in [0, 0.1) is 5.41 Å². The summed E-state index contributed by atoms with van der Waals surface area (Å²) in [6.07, 6.45) is 9.54. The van der Waals surface area contributed by atoms with Gasteiger partial charge in [0.15, 0.2) is 17.4 Å². The molecule has 0 amide bonds. The molecule has 0 aliphatic heterocycles. The number of hydrogen-bond donors (Lipinski definition) is 4. The number of likely N-dealkylation sites (N-methyl/N-ethyl adjacent to an activating group) is 2. The van der Waals surface area contributed by atoms with Gasteiger partial charge in [0, 0.05) is 67.6 Å². The fraction of sp³-hybridized carbons (Fsp3) is 0.487. The van der Waals surface area contributed by atoms with Crippen molar-refractivity contribution in [3.8, 4) is 23.0 Å². The number of pyridine rings is 2. The lowest BCUT2D eigenvalue weighted by atomic mass is 9.88. The fourth-order valence-electron chi connectivity index (χ4n) is 5.94. The molecule has 0 saturated heterocycles. The normalized spacial score (nSPS) is 13.2. The number of rotatable bonds is 12. The maximum Gasteiger partial charge on any atom is 0.323 e. The van der Waals surface area contributed by atoms with Gasteiger partial charge in [0.05, 0.1) is 13.2 Å². The summed E-state index contributed by atoms with van der Waals surface area (Å²) < 4.78 is 0. The number of aromatic nitrogens is 6. The van der Waals surface area contributed by atoms with Crippen LogP contribution >= 0.6 is 0 Å². The number of carbonyl (C=O) groups is 2. The standard InChI is InChI=1S/C20H26N4O2.C15H16N4O2.C4H11NO/c1-20(2,13-25)11-14(26)12-24(3)19-15-7-6-9-16(15)22-18(23-19)17-8-4-5-10-21-17;1-19(9-13(20)21)15-10-5-4-7-11(10)17-14(18-15)12-6-2-3-8-16-12;1-4(2,5)3-6/h4-5,8,10,25H,6-7,9,11-13H2,1-3H3;2-3,6,8H,4-5,7,9H2,1H3,(H,20,21);6H,3,5H2,1-2H3. The Morgan fingerprint density at radius 1 is 0.717 bits per heavy atom. The number of carbonyl (C=O) groups excluding carboxylic acids is 1. The van der Waals surface area contributed by atoms with Crippen molar-refractivity contribution < 1.29 is 24.9 Å². The van der Waals surface area contributed by atoms with Crippen molar-refractivity contribution in [1.82, 2.24) is 29.9 Å². The lowest BCUT2D eigenvalue weighted by molar-refractivity contribution is -0.135. The van der Waals surface area contributed by atoms with Crippen LogP contribution in [0.3, 0.4) is 0 Å². The topological polar surface area (TPSA) is 205 Å². The largest absolute Gasteiger partial charge is 0.480 e. The number of aliphatic hydroxyl groups is 2. The van der Waals surface area contributed by atoms with Gasteiger partial charge in [-0.1, -0.05) is 26.0 Å². The minimum Gasteiger partial charge on any atom is -0.480 e. The third-order valence-corrected chi connectivity index (χ3v) is 8.63. The Morgan fingerprint density at radius 3 is 1.55 bits per heavy atom. The van der Waals surface area contributed by atoms with Crippen LogP contribution in [-0.2, 0) is 35.3 Å². The summed E-state index contributed by atoms with van der Waals surface area (Å²) in [5, 5.41) is 26.7. The number of nitrogens with two attached hydrogens (primary N) is 1. The summed E-state index contributed by atoms with van der Waals surface area (Å²) in [7, 11) is 3.64. The van der Waals surface area contributed by atoms with Crippen LogP contribution in [-0.4, -0.2) is 103 Å². The van der Waals surface area contributed by atoms with Crippen LogP contribution in [0.1, 0.15) is 69.5 Å². The number of fused-ring (bicyclic) bond motifs is 2. The maximum atomic E-state index is 12.4. The number of anilines is 2. The molecular weight excluding hydrogens is 674 g/mol. The van der Waals surface area contributed by atoms with Gasteiger partial charge in [-0.05, 0) is 82.1 Å². The van der Waals surface area contributed by atoms with E-state index in [0.717, 1.165) is 72.6 Å². The summed E-state index contributed by atoms with van der Waals surface area (Å²) in [5.74, 6) is 1.92. The second-order valence-electron chi connectivity index (χ2n) is 15.0. The van der Waals surface area contributed by atoms with Gasteiger partial charge in [0.2, 0.25) is 0 Å². The van der Waals surface area contributed by atoms with Crippen LogP contribution in [0.5, 0.6) is 0 Å². The van der Waals surface area contributed by atoms with Gasteiger partial charge in [0.1, 0.15) is 29.6 Å². The Morgan fingerprint density at radius 2 is 1.17 bits per heavy atom. The molecule has 0 fully saturated rings. The van der Waals surface area contributed by atoms with Crippen LogP contribution in [0.25, 0.3) is 23.0 Å². The Kier molecular flexibility index (Phi) is 14.0. The molecule has 0 spiro atoms. The van der Waals surface area contributed by atoms with E-state index in [1.54, 1.807) is 38.2 Å². The summed E-state index contributed by atoms with van der Waals surface area (Å²) in [6, 6.07) is 11.3. The van der Waals surface area contributed by atoms with Gasteiger partial charge < -0.3 is 30.9 Å². The SMILES string of the molecule is CC(C)(N)CO.CN(CC(=O)CC(C)(C)CO)c1nc(-c2ccccn2)nc2c1CCC2.CN(CC(=O)O)c1nc(-c2ccccn2)nc2c1CCC2. The molecular formula is C39H53N9O5. The first-order valence-electron chi connectivity index (χ1n) is 17.9. The van der Waals surface area contributed by atoms with Gasteiger partial charge in [-0.15, -0.1) is 0 Å². The van der Waals surface area contributed by atoms with Crippen molar-refractivity contribution in [2.75, 3.05) is 50.2 Å². The Hall–Kier alpha value is -4.92. The highest BCUT2D eigenvalue weighted by atomic mass is 16.4. The molecule has 4 aromatic heterocycles. The molecule has 4 aromatic rings. The first-order chi connectivity index (χ1) is 25.1. The minimum absolute atomic E-state index is 0.00478. The molecule has 284 valence electrons. The second kappa shape index (κ2) is 18.2. The predicted octanol–water partition coefficient (Wildman–Crippen LogP) is 3.71. The predicted molar refractivity (Wildman–Crippen MR) is 205 cm³/mol. The lowest BCUT2D eigenvalue weighted by Gasteiger charge is -2.24. The molecule has 0 atom stereocenters. The number of aryl methyl sites for hydroxylation is 2. The number of aliphatic carboxylic acids is 1. The van der Waals surface area contributed by atoms with E-state index >= 15 is 0 Å². The third kappa shape index (κ3) is 11.8. The number of nitrogens with zero attached hydrogens (tertiary/aromatic N) is 8. The Balaban J connectivity index is 0.000000209. The zero-order valence-corrected chi connectivity index (χ0v) is 31.7. The molecule has 0 aromatic carbocycles. The summed E-state index contributed by atoms with van der Waals surface area (Å²) in [5.41, 5.74) is 10.2. The molecule has 14 nitrogen and oxygen atoms in total. The minimum atomic E-state index is -0.873. The van der Waals surface area contributed by atoms with E-state index in [-0.39, 0.29) is 32.1 Å². The molecule has 14 heteroatoms. The summed E-state index contributed by atoms with van der Waals surface area (Å²) in [6.45, 7) is 7.57. The summed E-state index contributed by atoms with van der Waals surface area (Å²) in [4.78, 5) is 54.2. The van der Waals surface area contributed by atoms with E-state index in [9.17, 15) is 14.7 Å². The number of ketones is 1. The number of hydrogen-bond acceptors (Lipinski definition) is 13. The first kappa shape index (κ1) is 40.8. The van der Waals surface area contributed by atoms with Gasteiger partial charge in [-0.25, -0.2) is 19.9 Å². The van der Waals surface area contributed by atoms with Crippen molar-refractivity contribution in [1.29, 1.82) is 0 Å². The van der Waals surface area contributed by atoms with Crippen molar-refractivity contribution >= 4 is 23.4 Å². The molecule has 53 heavy (non-hydrogen) atoms. The lowest BCUT2D eigenvalue weighted by Crippen LogP contribution is -2.35. The van der Waals surface area contributed by atoms with Crippen molar-refractivity contribution in [2.45, 2.75) is 78.2 Å². The molecule has 2 aliphatic rings. The van der Waals surface area contributed by atoms with E-state index < -0.39 is 16.9 Å². The molecule has 6 rings (SSSR count). The zero-order valence-electron chi connectivity index (χ0n) is 31.7. The average molecular weight is 728 g/mol. The highest BCUT2D eigenvalue weighted by Crippen LogP contribution is 2.32. The molecule has 2 aliphatic carbocycles. The monoisotopic (exact) mass is 727 g/mol. The highest BCUT2D eigenvalue weighted by Gasteiger charge is 2.26. The van der Waals surface area contributed by atoms with Gasteiger partial charge in [-0.3, -0.25) is 19.6 Å². The maximum absolute atomic E-state index is 12.4. The highest BCUT2D eigenvalue weighted by molar-refractivity contribution is 5.84. The Labute approximate surface area is 311 Å². The van der Waals surface area contributed by atoms with Crippen LogP contribution in [0.4, 0.5) is 11.6 Å². The van der Waals surface area contributed by atoms with Crippen LogP contribution < -0.4 is 15.5 Å². The van der Waals surface area contributed by atoms with Crippen molar-refractivity contribution in [3.05, 3.63) is 71.3 Å². The van der Waals surface area contributed by atoms with Gasteiger partial charge in [0.25, 0.3) is 0 Å². The first-order valence-corrected chi connectivity index (χ1v) is 17.9. The number of Topliss-reactive ketones (excluding diaryl/α,β-unsaturated/α-hetero) is 1. The number of carboxylic acid groups (broad SMARTS) is 1.